The van der Waals surface area contributed by atoms with Gasteiger partial charge in [-0.2, -0.15) is 0 Å². The van der Waals surface area contributed by atoms with E-state index in [9.17, 15) is 4.79 Å². The molecule has 0 aliphatic carbocycles. The van der Waals surface area contributed by atoms with Crippen molar-refractivity contribution in [1.82, 2.24) is 5.43 Å². The number of hydrogen-bond donors (Lipinski definition) is 1. The van der Waals surface area contributed by atoms with Crippen molar-refractivity contribution in [3.63, 3.8) is 0 Å². The minimum Gasteiger partial charge on any atom is -0.316 e. The summed E-state index contributed by atoms with van der Waals surface area (Å²) in [7, 11) is 5.40. The van der Waals surface area contributed by atoms with Crippen LogP contribution in [0.5, 0.6) is 0 Å². The van der Waals surface area contributed by atoms with Gasteiger partial charge in [0.1, 0.15) is 0 Å². The maximum absolute atomic E-state index is 11.2. The molecule has 0 aliphatic rings. The van der Waals surface area contributed by atoms with Crippen LogP contribution in [0.4, 0.5) is 11.4 Å². The molecule has 1 N–H and O–H groups in total. The molecule has 0 aromatic heterocycles. The number of anilines is 2. The highest BCUT2D eigenvalue weighted by molar-refractivity contribution is 6.33. The van der Waals surface area contributed by atoms with Crippen LogP contribution in [0.1, 0.15) is 6.92 Å². The predicted octanol–water partition coefficient (Wildman–Crippen LogP) is 1.89. The van der Waals surface area contributed by atoms with Crippen molar-refractivity contribution in [1.29, 1.82) is 0 Å². The molecular weight excluding hydrogens is 226 g/mol. The lowest BCUT2D eigenvalue weighted by Gasteiger charge is -2.21. The van der Waals surface area contributed by atoms with Crippen molar-refractivity contribution < 1.29 is 4.79 Å². The summed E-state index contributed by atoms with van der Waals surface area (Å²) in [6, 6.07) is 5.50. The van der Waals surface area contributed by atoms with Crippen LogP contribution in [-0.4, -0.2) is 27.1 Å². The Morgan fingerprint density at radius 3 is 2.44 bits per heavy atom. The Morgan fingerprint density at radius 1 is 1.38 bits per heavy atom. The van der Waals surface area contributed by atoms with E-state index in [4.69, 9.17) is 11.6 Å². The Hall–Kier alpha value is -1.26. The molecule has 0 bridgehead atoms. The Balaban J connectivity index is 3.04. The average Bonchev–Trinajstić information content (AvgIpc) is 2.26. The largest absolute Gasteiger partial charge is 0.316 e. The van der Waals surface area contributed by atoms with E-state index in [1.807, 2.05) is 26.2 Å². The highest BCUT2D eigenvalue weighted by Gasteiger charge is 2.09. The first-order valence-corrected chi connectivity index (χ1v) is 5.30. The molecule has 16 heavy (non-hydrogen) atoms. The zero-order chi connectivity index (χ0) is 12.3. The van der Waals surface area contributed by atoms with Gasteiger partial charge in [0, 0.05) is 33.8 Å². The van der Waals surface area contributed by atoms with Gasteiger partial charge < -0.3 is 9.91 Å². The van der Waals surface area contributed by atoms with Crippen LogP contribution in [0.3, 0.4) is 0 Å². The quantitative estimate of drug-likeness (QED) is 0.821. The Kier molecular flexibility index (Phi) is 4.15. The molecule has 1 aromatic carbocycles. The molecule has 1 aromatic rings. The third-order valence-corrected chi connectivity index (χ3v) is 2.79. The van der Waals surface area contributed by atoms with E-state index < -0.39 is 0 Å². The molecule has 0 radical (unpaired) electrons. The fraction of sp³-hybridized carbons (Fsp3) is 0.364. The van der Waals surface area contributed by atoms with E-state index >= 15 is 0 Å². The van der Waals surface area contributed by atoms with Crippen LogP contribution in [0.15, 0.2) is 18.2 Å². The van der Waals surface area contributed by atoms with Crippen molar-refractivity contribution in [2.24, 2.45) is 0 Å². The summed E-state index contributed by atoms with van der Waals surface area (Å²) in [4.78, 5) is 12.7. The van der Waals surface area contributed by atoms with E-state index in [0.717, 1.165) is 11.4 Å². The minimum absolute atomic E-state index is 0.0224. The second kappa shape index (κ2) is 5.18. The van der Waals surface area contributed by atoms with Gasteiger partial charge in [0.25, 0.3) is 0 Å². The van der Waals surface area contributed by atoms with Crippen molar-refractivity contribution in [3.8, 4) is 0 Å². The molecule has 0 unspecified atom stereocenters. The molecule has 0 spiro atoms. The molecule has 0 atom stereocenters. The van der Waals surface area contributed by atoms with Crippen molar-refractivity contribution in [3.05, 3.63) is 23.2 Å². The maximum atomic E-state index is 11.2. The highest BCUT2D eigenvalue weighted by atomic mass is 35.5. The monoisotopic (exact) mass is 241 g/mol. The zero-order valence-electron chi connectivity index (χ0n) is 9.91. The molecule has 0 saturated heterocycles. The summed E-state index contributed by atoms with van der Waals surface area (Å²) in [5.41, 5.74) is 4.61. The lowest BCUT2D eigenvalue weighted by molar-refractivity contribution is -0.116. The lowest BCUT2D eigenvalue weighted by Crippen LogP contribution is -2.30. The first-order valence-electron chi connectivity index (χ1n) is 4.92. The first-order chi connectivity index (χ1) is 7.47. The van der Waals surface area contributed by atoms with Gasteiger partial charge in [-0.25, -0.2) is 5.43 Å². The summed E-state index contributed by atoms with van der Waals surface area (Å²) >= 11 is 6.13. The van der Waals surface area contributed by atoms with Crippen molar-refractivity contribution >= 4 is 28.9 Å². The van der Waals surface area contributed by atoms with Gasteiger partial charge in [-0.1, -0.05) is 11.6 Å². The summed E-state index contributed by atoms with van der Waals surface area (Å²) in [6.45, 7) is 1.52. The molecule has 4 nitrogen and oxygen atoms in total. The molecule has 5 heteroatoms. The number of nitrogens with zero attached hydrogens (tertiary/aromatic N) is 2. The number of halogens is 1. The molecule has 1 rings (SSSR count). The molecule has 0 saturated carbocycles. The molecule has 0 heterocycles. The van der Waals surface area contributed by atoms with Crippen LogP contribution in [-0.2, 0) is 4.79 Å². The number of amides is 1. The number of nitrogens with one attached hydrogen (secondary N) is 1. The van der Waals surface area contributed by atoms with Crippen LogP contribution >= 0.6 is 11.6 Å². The van der Waals surface area contributed by atoms with Crippen LogP contribution < -0.4 is 15.3 Å². The summed E-state index contributed by atoms with van der Waals surface area (Å²) in [5.74, 6) is -0.0224. The Morgan fingerprint density at radius 2 is 2.00 bits per heavy atom. The molecular formula is C11H16ClN3O. The SMILES string of the molecule is CNN(C)c1ccc(N(C)C(C)=O)cc1Cl. The van der Waals surface area contributed by atoms with Gasteiger partial charge in [0.15, 0.2) is 0 Å². The van der Waals surface area contributed by atoms with E-state index in [1.165, 1.54) is 6.92 Å². The summed E-state index contributed by atoms with van der Waals surface area (Å²) < 4.78 is 0. The molecule has 0 aliphatic heterocycles. The fourth-order valence-corrected chi connectivity index (χ4v) is 1.58. The highest BCUT2D eigenvalue weighted by Crippen LogP contribution is 2.28. The second-order valence-corrected chi connectivity index (χ2v) is 3.90. The van der Waals surface area contributed by atoms with Gasteiger partial charge in [0.2, 0.25) is 5.91 Å². The molecule has 1 amide bonds. The average molecular weight is 242 g/mol. The van der Waals surface area contributed by atoms with Crippen LogP contribution in [0.25, 0.3) is 0 Å². The summed E-state index contributed by atoms with van der Waals surface area (Å²) in [6.07, 6.45) is 0. The zero-order valence-corrected chi connectivity index (χ0v) is 10.7. The molecule has 88 valence electrons. The molecule has 0 fully saturated rings. The number of rotatable bonds is 3. The predicted molar refractivity (Wildman–Crippen MR) is 68.0 cm³/mol. The van der Waals surface area contributed by atoms with Gasteiger partial charge >= 0.3 is 0 Å². The van der Waals surface area contributed by atoms with E-state index in [2.05, 4.69) is 5.43 Å². The number of hydrazine groups is 1. The number of carbonyl (C=O) groups is 1. The normalized spacial score (nSPS) is 10.1. The van der Waals surface area contributed by atoms with Gasteiger partial charge in [-0.15, -0.1) is 0 Å². The van der Waals surface area contributed by atoms with E-state index in [1.54, 1.807) is 23.0 Å². The standard InChI is InChI=1S/C11H16ClN3O/c1-8(16)14(3)9-5-6-11(10(12)7-9)15(4)13-2/h5-7,13H,1-4H3. The third-order valence-electron chi connectivity index (χ3n) is 2.49. The first kappa shape index (κ1) is 12.8. The number of benzene rings is 1. The van der Waals surface area contributed by atoms with Gasteiger partial charge in [-0.3, -0.25) is 4.79 Å². The van der Waals surface area contributed by atoms with Gasteiger partial charge in [-0.05, 0) is 18.2 Å². The third kappa shape index (κ3) is 2.65. The van der Waals surface area contributed by atoms with Crippen molar-refractivity contribution in [2.75, 3.05) is 31.1 Å². The Bertz CT molecular complexity index is 395. The van der Waals surface area contributed by atoms with Crippen LogP contribution in [0.2, 0.25) is 5.02 Å². The number of carbonyl (C=O) groups excluding carboxylic acids is 1. The topological polar surface area (TPSA) is 35.6 Å². The summed E-state index contributed by atoms with van der Waals surface area (Å²) in [5, 5.41) is 2.40. The van der Waals surface area contributed by atoms with Crippen LogP contribution in [0, 0.1) is 0 Å². The Labute approximate surface area is 101 Å². The second-order valence-electron chi connectivity index (χ2n) is 3.50. The van der Waals surface area contributed by atoms with Crippen molar-refractivity contribution in [2.45, 2.75) is 6.92 Å². The minimum atomic E-state index is -0.0224. The van der Waals surface area contributed by atoms with Gasteiger partial charge in [0.05, 0.1) is 10.7 Å². The maximum Gasteiger partial charge on any atom is 0.223 e. The fourth-order valence-electron chi connectivity index (χ4n) is 1.28. The lowest BCUT2D eigenvalue weighted by atomic mass is 10.2. The van der Waals surface area contributed by atoms with E-state index in [-0.39, 0.29) is 5.91 Å². The smallest absolute Gasteiger partial charge is 0.223 e. The number of hydrogen-bond acceptors (Lipinski definition) is 3. The van der Waals surface area contributed by atoms with E-state index in [0.29, 0.717) is 5.02 Å².